The number of esters is 1. The number of aromatic nitrogens is 1. The van der Waals surface area contributed by atoms with Crippen molar-refractivity contribution in [3.8, 4) is 0 Å². The van der Waals surface area contributed by atoms with Gasteiger partial charge in [0.05, 0.1) is 11.5 Å². The molecule has 0 aromatic carbocycles. The highest BCUT2D eigenvalue weighted by Gasteiger charge is 2.25. The molecule has 0 saturated heterocycles. The van der Waals surface area contributed by atoms with E-state index in [4.69, 9.17) is 4.74 Å². The number of pyridine rings is 1. The van der Waals surface area contributed by atoms with E-state index < -0.39 is 10.9 Å². The third kappa shape index (κ3) is 2.25. The molecule has 0 radical (unpaired) electrons. The average Bonchev–Trinajstić information content (AvgIpc) is 2.28. The summed E-state index contributed by atoms with van der Waals surface area (Å²) >= 11 is 0. The quantitative estimate of drug-likeness (QED) is 0.470. The van der Waals surface area contributed by atoms with Gasteiger partial charge in [0.2, 0.25) is 5.82 Å². The second-order valence-corrected chi connectivity index (χ2v) is 2.78. The van der Waals surface area contributed by atoms with Gasteiger partial charge >= 0.3 is 11.7 Å². The Morgan fingerprint density at radius 2 is 2.38 bits per heavy atom. The van der Waals surface area contributed by atoms with Crippen LogP contribution in [-0.4, -0.2) is 29.5 Å². The first-order chi connectivity index (χ1) is 7.61. The van der Waals surface area contributed by atoms with Crippen molar-refractivity contribution in [1.82, 2.24) is 4.98 Å². The predicted octanol–water partition coefficient (Wildman–Crippen LogP) is 1.21. The van der Waals surface area contributed by atoms with Crippen LogP contribution in [0.15, 0.2) is 12.3 Å². The normalized spacial score (nSPS) is 9.62. The van der Waals surface area contributed by atoms with Gasteiger partial charge in [-0.1, -0.05) is 0 Å². The van der Waals surface area contributed by atoms with E-state index in [9.17, 15) is 14.9 Å². The molecule has 0 amide bonds. The SMILES string of the molecule is CCOC(=O)c1ccnc(NC)c1[N+](=O)[O-]. The van der Waals surface area contributed by atoms with Crippen LogP contribution in [0.1, 0.15) is 17.3 Å². The van der Waals surface area contributed by atoms with Crippen molar-refractivity contribution >= 4 is 17.5 Å². The molecular weight excluding hydrogens is 214 g/mol. The summed E-state index contributed by atoms with van der Waals surface area (Å²) in [6, 6.07) is 1.26. The lowest BCUT2D eigenvalue weighted by Gasteiger charge is -2.05. The summed E-state index contributed by atoms with van der Waals surface area (Å²) in [6.07, 6.45) is 1.31. The summed E-state index contributed by atoms with van der Waals surface area (Å²) in [5.41, 5.74) is -0.477. The van der Waals surface area contributed by atoms with Crippen molar-refractivity contribution in [2.45, 2.75) is 6.92 Å². The number of nitrogens with one attached hydrogen (secondary N) is 1. The molecule has 0 atom stereocenters. The highest BCUT2D eigenvalue weighted by molar-refractivity contribution is 5.96. The largest absolute Gasteiger partial charge is 0.462 e. The van der Waals surface area contributed by atoms with Crippen LogP contribution >= 0.6 is 0 Å². The summed E-state index contributed by atoms with van der Waals surface area (Å²) in [6.45, 7) is 1.79. The van der Waals surface area contributed by atoms with Gasteiger partial charge in [0.15, 0.2) is 0 Å². The molecule has 0 fully saturated rings. The van der Waals surface area contributed by atoms with Crippen LogP contribution in [-0.2, 0) is 4.74 Å². The van der Waals surface area contributed by atoms with Crippen LogP contribution < -0.4 is 5.32 Å². The number of nitro groups is 1. The van der Waals surface area contributed by atoms with Gasteiger partial charge in [-0.3, -0.25) is 10.1 Å². The molecule has 1 heterocycles. The van der Waals surface area contributed by atoms with Gasteiger partial charge < -0.3 is 10.1 Å². The van der Waals surface area contributed by atoms with Gasteiger partial charge in [0.25, 0.3) is 0 Å². The van der Waals surface area contributed by atoms with Crippen molar-refractivity contribution < 1.29 is 14.5 Å². The van der Waals surface area contributed by atoms with Crippen molar-refractivity contribution in [2.75, 3.05) is 19.0 Å². The van der Waals surface area contributed by atoms with E-state index in [-0.39, 0.29) is 23.7 Å². The minimum atomic E-state index is -0.729. The zero-order chi connectivity index (χ0) is 12.1. The highest BCUT2D eigenvalue weighted by atomic mass is 16.6. The van der Waals surface area contributed by atoms with Crippen molar-refractivity contribution in [1.29, 1.82) is 0 Å². The van der Waals surface area contributed by atoms with Crippen LogP contribution in [0.5, 0.6) is 0 Å². The maximum atomic E-state index is 11.5. The molecular formula is C9H11N3O4. The Kier molecular flexibility index (Phi) is 3.76. The molecule has 0 unspecified atom stereocenters. The number of hydrogen-bond donors (Lipinski definition) is 1. The number of carbonyl (C=O) groups is 1. The van der Waals surface area contributed by atoms with Gasteiger partial charge in [0, 0.05) is 13.2 Å². The van der Waals surface area contributed by atoms with Crippen molar-refractivity contribution in [2.24, 2.45) is 0 Å². The Labute approximate surface area is 91.6 Å². The fourth-order valence-electron chi connectivity index (χ4n) is 1.20. The fraction of sp³-hybridized carbons (Fsp3) is 0.333. The molecule has 86 valence electrons. The van der Waals surface area contributed by atoms with E-state index in [2.05, 4.69) is 10.3 Å². The molecule has 1 aromatic rings. The number of nitrogens with zero attached hydrogens (tertiary/aromatic N) is 2. The summed E-state index contributed by atoms with van der Waals surface area (Å²) in [5.74, 6) is -0.691. The Bertz CT molecular complexity index is 419. The summed E-state index contributed by atoms with van der Waals surface area (Å²) < 4.78 is 4.72. The lowest BCUT2D eigenvalue weighted by molar-refractivity contribution is -0.384. The van der Waals surface area contributed by atoms with E-state index in [1.165, 1.54) is 19.3 Å². The van der Waals surface area contributed by atoms with E-state index in [0.717, 1.165) is 0 Å². The summed E-state index contributed by atoms with van der Waals surface area (Å²) in [5, 5.41) is 13.4. The first kappa shape index (κ1) is 11.9. The smallest absolute Gasteiger partial charge is 0.345 e. The molecule has 1 rings (SSSR count). The predicted molar refractivity (Wildman–Crippen MR) is 56.4 cm³/mol. The van der Waals surface area contributed by atoms with E-state index in [1.807, 2.05) is 0 Å². The topological polar surface area (TPSA) is 94.4 Å². The van der Waals surface area contributed by atoms with Crippen LogP contribution in [0, 0.1) is 10.1 Å². The second kappa shape index (κ2) is 5.06. The van der Waals surface area contributed by atoms with E-state index >= 15 is 0 Å². The van der Waals surface area contributed by atoms with Gasteiger partial charge in [-0.15, -0.1) is 0 Å². The molecule has 0 bridgehead atoms. The summed E-state index contributed by atoms with van der Waals surface area (Å²) in [4.78, 5) is 25.4. The molecule has 0 aliphatic carbocycles. The Morgan fingerprint density at radius 3 is 2.88 bits per heavy atom. The number of hydrogen-bond acceptors (Lipinski definition) is 6. The molecule has 16 heavy (non-hydrogen) atoms. The molecule has 0 spiro atoms. The lowest BCUT2D eigenvalue weighted by atomic mass is 10.2. The molecule has 1 aromatic heterocycles. The molecule has 0 aliphatic rings. The third-order valence-electron chi connectivity index (χ3n) is 1.84. The maximum absolute atomic E-state index is 11.5. The second-order valence-electron chi connectivity index (χ2n) is 2.78. The van der Waals surface area contributed by atoms with Gasteiger partial charge in [-0.25, -0.2) is 9.78 Å². The van der Waals surface area contributed by atoms with Crippen molar-refractivity contribution in [3.63, 3.8) is 0 Å². The Morgan fingerprint density at radius 1 is 1.69 bits per heavy atom. The van der Waals surface area contributed by atoms with Gasteiger partial charge in [0.1, 0.15) is 5.56 Å². The van der Waals surface area contributed by atoms with Crippen LogP contribution in [0.4, 0.5) is 11.5 Å². The standard InChI is InChI=1S/C9H11N3O4/c1-3-16-9(13)6-4-5-11-8(10-2)7(6)12(14)15/h4-5H,3H2,1-2H3,(H,10,11). The van der Waals surface area contributed by atoms with E-state index in [0.29, 0.717) is 0 Å². The van der Waals surface area contributed by atoms with Crippen molar-refractivity contribution in [3.05, 3.63) is 27.9 Å². The minimum absolute atomic E-state index is 0.0375. The Hall–Kier alpha value is -2.18. The molecule has 7 heteroatoms. The first-order valence-electron chi connectivity index (χ1n) is 4.60. The summed E-state index contributed by atoms with van der Waals surface area (Å²) in [7, 11) is 1.49. The minimum Gasteiger partial charge on any atom is -0.462 e. The number of carbonyl (C=O) groups excluding carboxylic acids is 1. The lowest BCUT2D eigenvalue weighted by Crippen LogP contribution is -2.10. The first-order valence-corrected chi connectivity index (χ1v) is 4.60. The molecule has 1 N–H and O–H groups in total. The van der Waals surface area contributed by atoms with Crippen LogP contribution in [0.3, 0.4) is 0 Å². The maximum Gasteiger partial charge on any atom is 0.345 e. The third-order valence-corrected chi connectivity index (χ3v) is 1.84. The zero-order valence-electron chi connectivity index (χ0n) is 8.89. The van der Waals surface area contributed by atoms with Crippen LogP contribution in [0.2, 0.25) is 0 Å². The molecule has 0 saturated carbocycles. The molecule has 0 aliphatic heterocycles. The van der Waals surface area contributed by atoms with Crippen LogP contribution in [0.25, 0.3) is 0 Å². The Balaban J connectivity index is 3.27. The number of anilines is 1. The highest BCUT2D eigenvalue weighted by Crippen LogP contribution is 2.26. The van der Waals surface area contributed by atoms with E-state index in [1.54, 1.807) is 6.92 Å². The average molecular weight is 225 g/mol. The van der Waals surface area contributed by atoms with Gasteiger partial charge in [-0.2, -0.15) is 0 Å². The number of ether oxygens (including phenoxy) is 1. The molecule has 7 nitrogen and oxygen atoms in total. The zero-order valence-corrected chi connectivity index (χ0v) is 8.89. The van der Waals surface area contributed by atoms with Gasteiger partial charge in [-0.05, 0) is 13.0 Å². The fourth-order valence-corrected chi connectivity index (χ4v) is 1.20. The monoisotopic (exact) mass is 225 g/mol. The number of rotatable bonds is 4.